The fraction of sp³-hybridized carbons (Fsp3) is 0.291. The largest absolute Gasteiger partial charge is 0.507 e. The molecule has 3 aliphatic heterocycles. The maximum atomic E-state index is 14.1. The molecule has 3 amide bonds. The first-order chi connectivity index (χ1) is 32.7. The molecule has 0 aliphatic carbocycles. The third kappa shape index (κ3) is 8.74. The lowest BCUT2D eigenvalue weighted by Crippen LogP contribution is -2.36. The molecule has 10 nitrogen and oxygen atoms in total. The van der Waals surface area contributed by atoms with Crippen molar-refractivity contribution in [3.63, 3.8) is 0 Å². The summed E-state index contributed by atoms with van der Waals surface area (Å²) in [5, 5.41) is 37.0. The Morgan fingerprint density at radius 3 is 1.21 bits per heavy atom. The molecule has 0 radical (unpaired) electrons. The van der Waals surface area contributed by atoms with E-state index in [0.29, 0.717) is 54.3 Å². The minimum atomic E-state index is -0.574. The third-order valence-corrected chi connectivity index (χ3v) is 14.4. The summed E-state index contributed by atoms with van der Waals surface area (Å²) in [7, 11) is 0. The molecule has 7 aromatic rings. The zero-order valence-corrected chi connectivity index (χ0v) is 40.2. The van der Waals surface area contributed by atoms with Gasteiger partial charge in [-0.15, -0.1) is 34.8 Å². The van der Waals surface area contributed by atoms with Crippen molar-refractivity contribution in [1.82, 2.24) is 0 Å². The summed E-state index contributed by atoms with van der Waals surface area (Å²) >= 11 is 19.0. The van der Waals surface area contributed by atoms with Crippen LogP contribution in [0.15, 0.2) is 121 Å². The Labute approximate surface area is 410 Å². The van der Waals surface area contributed by atoms with Crippen molar-refractivity contribution in [2.75, 3.05) is 52.0 Å². The van der Waals surface area contributed by atoms with Crippen molar-refractivity contribution in [2.45, 2.75) is 62.9 Å². The molecule has 10 rings (SSSR count). The van der Waals surface area contributed by atoms with Gasteiger partial charge in [-0.3, -0.25) is 14.5 Å². The Bertz CT molecular complexity index is 2960. The van der Waals surface area contributed by atoms with Crippen LogP contribution in [0.4, 0.5) is 21.9 Å². The number of hydrogen-bond donors (Lipinski definition) is 3. The van der Waals surface area contributed by atoms with Crippen LogP contribution in [-0.2, 0) is 14.3 Å². The summed E-state index contributed by atoms with van der Waals surface area (Å²) in [6.45, 7) is 6.77. The maximum Gasteiger partial charge on any atom is 0.414 e. The Balaban J connectivity index is 0.000000211. The van der Waals surface area contributed by atoms with Crippen molar-refractivity contribution >= 4 is 102 Å². The molecule has 0 bridgehead atoms. The molecule has 0 spiro atoms. The number of aromatic hydroxyl groups is 3. The molecule has 3 atom stereocenters. The SMILES string of the molecule is CC(C)(C)OC(=O)N1C[C@@H](CCl)c2c1cc(O)c1ccccc21.O=C(CC(CC(=O)N1C[C@@H](CCl)c2c1cc(O)c1ccccc21)c1ccccc1)N1C[C@@H](CCl)c2c1cc(O)c1ccccc21. The van der Waals surface area contributed by atoms with Gasteiger partial charge in [-0.05, 0) is 59.2 Å². The first-order valence-electron chi connectivity index (χ1n) is 22.8. The minimum absolute atomic E-state index is 0.0182. The standard InChI is InChI=1S/C37H32Cl2N2O4.C18H20ClNO3/c38-18-24-20-40(30-16-32(42)26-10-4-6-12-28(26)36(24)30)34(44)14-23(22-8-2-1-3-9-22)15-35(45)41-21-25(19-39)37-29-13-7-5-11-27(29)33(43)17-31(37)41;1-18(2,3)23-17(22)20-10-11(9-19)16-13-7-5-4-6-12(13)15(21)8-14(16)20/h1-13,16-17,23-25,42-43H,14-15,18-21H2;4-8,11,21H,9-10H2,1-3H3/t24-,25-;11-/m11/s1. The number of phenolic OH excluding ortho intramolecular Hbond substituents is 3. The highest BCUT2D eigenvalue weighted by molar-refractivity contribution is 6.20. The van der Waals surface area contributed by atoms with Crippen LogP contribution in [0.1, 0.15) is 79.5 Å². The molecule has 68 heavy (non-hydrogen) atoms. The number of carbonyl (C=O) groups excluding carboxylic acids is 3. The first-order valence-corrected chi connectivity index (χ1v) is 24.4. The number of ether oxygens (including phenoxy) is 1. The van der Waals surface area contributed by atoms with Crippen LogP contribution in [0.2, 0.25) is 0 Å². The minimum Gasteiger partial charge on any atom is -0.507 e. The number of rotatable bonds is 8. The molecule has 3 N–H and O–H groups in total. The van der Waals surface area contributed by atoms with Gasteiger partial charge in [0.1, 0.15) is 22.8 Å². The highest BCUT2D eigenvalue weighted by Crippen LogP contribution is 2.49. The summed E-state index contributed by atoms with van der Waals surface area (Å²) < 4.78 is 5.49. The van der Waals surface area contributed by atoms with E-state index in [1.807, 2.05) is 124 Å². The average molecular weight is 973 g/mol. The van der Waals surface area contributed by atoms with Gasteiger partial charge >= 0.3 is 6.09 Å². The molecule has 0 saturated heterocycles. The number of anilines is 3. The first kappa shape index (κ1) is 46.9. The van der Waals surface area contributed by atoms with Crippen molar-refractivity contribution in [1.29, 1.82) is 0 Å². The Morgan fingerprint density at radius 2 is 0.853 bits per heavy atom. The Hall–Kier alpha value is -6.20. The number of benzene rings is 7. The van der Waals surface area contributed by atoms with E-state index in [-0.39, 0.29) is 59.7 Å². The molecule has 7 aromatic carbocycles. The van der Waals surface area contributed by atoms with Crippen LogP contribution in [0.3, 0.4) is 0 Å². The third-order valence-electron chi connectivity index (χ3n) is 13.3. The molecule has 13 heteroatoms. The Kier molecular flexibility index (Phi) is 13.1. The average Bonchev–Trinajstić information content (AvgIpc) is 4.03. The van der Waals surface area contributed by atoms with E-state index in [2.05, 4.69) is 0 Å². The number of phenols is 3. The zero-order valence-electron chi connectivity index (χ0n) is 38.0. The summed E-state index contributed by atoms with van der Waals surface area (Å²) in [6.07, 6.45) is -0.220. The molecule has 3 aliphatic rings. The summed E-state index contributed by atoms with van der Waals surface area (Å²) in [6, 6.07) is 37.4. The van der Waals surface area contributed by atoms with E-state index >= 15 is 0 Å². The number of alkyl halides is 3. The maximum absolute atomic E-state index is 14.1. The van der Waals surface area contributed by atoms with Crippen LogP contribution < -0.4 is 14.7 Å². The van der Waals surface area contributed by atoms with Gasteiger partial charge in [0.15, 0.2) is 0 Å². The van der Waals surface area contributed by atoms with Crippen molar-refractivity contribution < 1.29 is 34.4 Å². The Morgan fingerprint density at radius 1 is 0.529 bits per heavy atom. The van der Waals surface area contributed by atoms with Gasteiger partial charge in [-0.1, -0.05) is 103 Å². The van der Waals surface area contributed by atoms with Crippen LogP contribution >= 0.6 is 34.8 Å². The van der Waals surface area contributed by atoms with Crippen molar-refractivity contribution in [2.24, 2.45) is 0 Å². The fourth-order valence-electron chi connectivity index (χ4n) is 10.3. The molecule has 350 valence electrons. The van der Waals surface area contributed by atoms with E-state index in [1.54, 1.807) is 32.9 Å². The number of fused-ring (bicyclic) bond motifs is 9. The van der Waals surface area contributed by atoms with Gasteiger partial charge in [-0.25, -0.2) is 4.79 Å². The van der Waals surface area contributed by atoms with Gasteiger partial charge < -0.3 is 29.9 Å². The smallest absolute Gasteiger partial charge is 0.414 e. The predicted octanol–water partition coefficient (Wildman–Crippen LogP) is 12.6. The van der Waals surface area contributed by atoms with E-state index in [9.17, 15) is 29.7 Å². The van der Waals surface area contributed by atoms with Gasteiger partial charge in [0.25, 0.3) is 0 Å². The molecule has 3 heterocycles. The van der Waals surface area contributed by atoms with Gasteiger partial charge in [-0.2, -0.15) is 0 Å². The fourth-order valence-corrected chi connectivity index (χ4v) is 11.1. The van der Waals surface area contributed by atoms with Gasteiger partial charge in [0.05, 0.1) is 17.1 Å². The number of nitrogens with zero attached hydrogens (tertiary/aromatic N) is 3. The van der Waals surface area contributed by atoms with E-state index in [4.69, 9.17) is 39.5 Å². The summed E-state index contributed by atoms with van der Waals surface area (Å²) in [4.78, 5) is 45.7. The van der Waals surface area contributed by atoms with Crippen LogP contribution in [-0.4, -0.2) is 76.1 Å². The lowest BCUT2D eigenvalue weighted by Gasteiger charge is -2.25. The molecule has 0 aromatic heterocycles. The quantitative estimate of drug-likeness (QED) is 0.129. The van der Waals surface area contributed by atoms with E-state index in [1.165, 1.54) is 0 Å². The summed E-state index contributed by atoms with van der Waals surface area (Å²) in [5.41, 5.74) is 5.26. The van der Waals surface area contributed by atoms with Crippen LogP contribution in [0.25, 0.3) is 32.3 Å². The second-order valence-electron chi connectivity index (χ2n) is 18.8. The number of amides is 3. The van der Waals surface area contributed by atoms with Crippen molar-refractivity contribution in [3.8, 4) is 17.2 Å². The second kappa shape index (κ2) is 19.1. The van der Waals surface area contributed by atoms with E-state index < -0.39 is 17.6 Å². The highest BCUT2D eigenvalue weighted by Gasteiger charge is 2.39. The van der Waals surface area contributed by atoms with Crippen molar-refractivity contribution in [3.05, 3.63) is 144 Å². The number of carbonyl (C=O) groups is 3. The highest BCUT2D eigenvalue weighted by atomic mass is 35.5. The van der Waals surface area contributed by atoms with Crippen LogP contribution in [0.5, 0.6) is 17.2 Å². The molecular weight excluding hydrogens is 921 g/mol. The predicted molar refractivity (Wildman–Crippen MR) is 274 cm³/mol. The second-order valence-corrected chi connectivity index (χ2v) is 19.7. The lowest BCUT2D eigenvalue weighted by molar-refractivity contribution is -0.120. The number of hydrogen-bond acceptors (Lipinski definition) is 7. The topological polar surface area (TPSA) is 131 Å². The zero-order chi connectivity index (χ0) is 48.0. The monoisotopic (exact) mass is 971 g/mol. The normalized spacial score (nSPS) is 17.3. The molecule has 0 unspecified atom stereocenters. The molecule has 0 fully saturated rings. The number of halogens is 3. The lowest BCUT2D eigenvalue weighted by atomic mass is 9.91. The summed E-state index contributed by atoms with van der Waals surface area (Å²) in [5.74, 6) is 0.656. The van der Waals surface area contributed by atoms with E-state index in [0.717, 1.165) is 54.6 Å². The van der Waals surface area contributed by atoms with Gasteiger partial charge in [0, 0.05) is 108 Å². The van der Waals surface area contributed by atoms with Gasteiger partial charge in [0.2, 0.25) is 11.8 Å². The van der Waals surface area contributed by atoms with Crippen LogP contribution in [0, 0.1) is 0 Å². The molecular formula is C55H52Cl3N3O7. The molecule has 0 saturated carbocycles.